The molecule has 3 heterocycles. The number of para-hydroxylation sites is 1. The van der Waals surface area contributed by atoms with E-state index in [0.717, 1.165) is 55.6 Å². The van der Waals surface area contributed by atoms with E-state index in [0.29, 0.717) is 22.7 Å². The van der Waals surface area contributed by atoms with Crippen molar-refractivity contribution in [2.75, 3.05) is 37.7 Å². The molecule has 0 amide bonds. The Balaban J connectivity index is 1.40. The van der Waals surface area contributed by atoms with Crippen molar-refractivity contribution in [1.29, 1.82) is 0 Å². The number of piperazine rings is 1. The first-order valence-corrected chi connectivity index (χ1v) is 11.1. The van der Waals surface area contributed by atoms with Crippen LogP contribution in [0.4, 0.5) is 0 Å². The lowest BCUT2D eigenvalue weighted by Gasteiger charge is -2.32. The van der Waals surface area contributed by atoms with Crippen molar-refractivity contribution >= 4 is 32.3 Å². The SMILES string of the molecule is O=S1(=O)CC[C@H]([NH+]2CC[NH+](Cc3cc4ccccc4nc3Cl)CC2)C1. The normalized spacial score (nSPS) is 29.1. The second kappa shape index (κ2) is 6.83. The molecule has 1 aromatic carbocycles. The van der Waals surface area contributed by atoms with Crippen molar-refractivity contribution < 1.29 is 18.2 Å². The minimum atomic E-state index is -2.79. The monoisotopic (exact) mass is 381 g/mol. The number of benzene rings is 1. The molecule has 5 nitrogen and oxygen atoms in total. The summed E-state index contributed by atoms with van der Waals surface area (Å²) in [5.74, 6) is 0.744. The third-order valence-electron chi connectivity index (χ3n) is 5.60. The number of halogens is 1. The van der Waals surface area contributed by atoms with E-state index in [4.69, 9.17) is 11.6 Å². The van der Waals surface area contributed by atoms with Crippen LogP contribution in [0.5, 0.6) is 0 Å². The van der Waals surface area contributed by atoms with Crippen molar-refractivity contribution in [1.82, 2.24) is 4.98 Å². The highest BCUT2D eigenvalue weighted by molar-refractivity contribution is 7.91. The summed E-state index contributed by atoms with van der Waals surface area (Å²) in [6, 6.07) is 10.5. The standard InChI is InChI=1S/C18H22ClN3O2S/c19-18-15(11-14-3-1-2-4-17(14)20-18)12-21-6-8-22(9-7-21)16-5-10-25(23,24)13-16/h1-4,11,16H,5-10,12-13H2/p+2/t16-/m0/s1. The van der Waals surface area contributed by atoms with E-state index in [1.54, 1.807) is 0 Å². The van der Waals surface area contributed by atoms with E-state index in [1.165, 1.54) is 9.80 Å². The molecule has 7 heteroatoms. The van der Waals surface area contributed by atoms with Gasteiger partial charge in [-0.15, -0.1) is 0 Å². The predicted octanol–water partition coefficient (Wildman–Crippen LogP) is -0.641. The molecule has 0 radical (unpaired) electrons. The molecule has 0 spiro atoms. The Kier molecular flexibility index (Phi) is 4.71. The van der Waals surface area contributed by atoms with Crippen LogP contribution in [0.15, 0.2) is 30.3 Å². The first kappa shape index (κ1) is 17.2. The summed E-state index contributed by atoms with van der Waals surface area (Å²) in [5, 5.41) is 1.73. The molecule has 1 aromatic heterocycles. The van der Waals surface area contributed by atoms with Gasteiger partial charge in [0.2, 0.25) is 0 Å². The smallest absolute Gasteiger partial charge is 0.156 e. The summed E-state index contributed by atoms with van der Waals surface area (Å²) in [6.45, 7) is 5.05. The van der Waals surface area contributed by atoms with Gasteiger partial charge in [-0.3, -0.25) is 0 Å². The molecule has 2 aliphatic heterocycles. The Morgan fingerprint density at radius 3 is 2.64 bits per heavy atom. The van der Waals surface area contributed by atoms with E-state index in [-0.39, 0.29) is 0 Å². The van der Waals surface area contributed by atoms with Gasteiger partial charge < -0.3 is 9.80 Å². The van der Waals surface area contributed by atoms with E-state index < -0.39 is 9.84 Å². The van der Waals surface area contributed by atoms with Crippen LogP contribution in [0.1, 0.15) is 12.0 Å². The third-order valence-corrected chi connectivity index (χ3v) is 7.69. The molecule has 134 valence electrons. The van der Waals surface area contributed by atoms with E-state index in [1.807, 2.05) is 18.2 Å². The molecular weight excluding hydrogens is 358 g/mol. The molecule has 0 bridgehead atoms. The Bertz CT molecular complexity index is 879. The predicted molar refractivity (Wildman–Crippen MR) is 98.9 cm³/mol. The van der Waals surface area contributed by atoms with E-state index >= 15 is 0 Å². The number of pyridine rings is 1. The summed E-state index contributed by atoms with van der Waals surface area (Å²) in [4.78, 5) is 7.48. The number of hydrogen-bond donors (Lipinski definition) is 2. The highest BCUT2D eigenvalue weighted by Gasteiger charge is 2.37. The third kappa shape index (κ3) is 3.82. The van der Waals surface area contributed by atoms with Gasteiger partial charge >= 0.3 is 0 Å². The Morgan fingerprint density at radius 2 is 1.92 bits per heavy atom. The molecule has 0 saturated carbocycles. The van der Waals surface area contributed by atoms with E-state index in [9.17, 15) is 8.42 Å². The van der Waals surface area contributed by atoms with Crippen LogP contribution in [0.2, 0.25) is 5.15 Å². The lowest BCUT2D eigenvalue weighted by Crippen LogP contribution is -3.29. The zero-order valence-corrected chi connectivity index (χ0v) is 15.7. The number of rotatable bonds is 3. The molecule has 0 aliphatic carbocycles. The number of aromatic nitrogens is 1. The molecule has 2 N–H and O–H groups in total. The van der Waals surface area contributed by atoms with Gasteiger partial charge in [0, 0.05) is 17.4 Å². The van der Waals surface area contributed by atoms with Crippen molar-refractivity contribution in [3.63, 3.8) is 0 Å². The highest BCUT2D eigenvalue weighted by atomic mass is 35.5. The minimum Gasteiger partial charge on any atom is -0.322 e. The van der Waals surface area contributed by atoms with Gasteiger partial charge in [0.15, 0.2) is 9.84 Å². The fourth-order valence-corrected chi connectivity index (χ4v) is 6.19. The number of quaternary nitrogens is 2. The van der Waals surface area contributed by atoms with Crippen LogP contribution in [0.3, 0.4) is 0 Å². The van der Waals surface area contributed by atoms with Crippen molar-refractivity contribution in [2.45, 2.75) is 19.0 Å². The number of sulfone groups is 1. The minimum absolute atomic E-state index is 0.303. The van der Waals surface area contributed by atoms with E-state index in [2.05, 4.69) is 17.1 Å². The summed E-state index contributed by atoms with van der Waals surface area (Å²) in [5.41, 5.74) is 2.03. The van der Waals surface area contributed by atoms with Crippen molar-refractivity contribution in [2.24, 2.45) is 0 Å². The fraction of sp³-hybridized carbons (Fsp3) is 0.500. The van der Waals surface area contributed by atoms with Gasteiger partial charge in [-0.2, -0.15) is 0 Å². The van der Waals surface area contributed by atoms with Crippen LogP contribution in [0.25, 0.3) is 10.9 Å². The molecule has 2 aliphatic rings. The maximum atomic E-state index is 11.7. The largest absolute Gasteiger partial charge is 0.322 e. The van der Waals surface area contributed by atoms with Gasteiger partial charge in [0.05, 0.1) is 11.3 Å². The summed E-state index contributed by atoms with van der Waals surface area (Å²) in [6.07, 6.45) is 0.827. The van der Waals surface area contributed by atoms with Crippen LogP contribution in [0, 0.1) is 0 Å². The molecule has 25 heavy (non-hydrogen) atoms. The van der Waals surface area contributed by atoms with Gasteiger partial charge in [-0.25, -0.2) is 13.4 Å². The number of nitrogens with zero attached hydrogens (tertiary/aromatic N) is 1. The lowest BCUT2D eigenvalue weighted by molar-refractivity contribution is -1.03. The van der Waals surface area contributed by atoms with Crippen molar-refractivity contribution in [3.8, 4) is 0 Å². The first-order chi connectivity index (χ1) is 12.0. The van der Waals surface area contributed by atoms with Crippen LogP contribution >= 0.6 is 11.6 Å². The summed E-state index contributed by atoms with van der Waals surface area (Å²) < 4.78 is 23.4. The van der Waals surface area contributed by atoms with Gasteiger partial charge in [-0.1, -0.05) is 29.8 Å². The number of fused-ring (bicyclic) bond motifs is 1. The highest BCUT2D eigenvalue weighted by Crippen LogP contribution is 2.19. The number of nitrogens with one attached hydrogen (secondary N) is 2. The molecule has 2 saturated heterocycles. The van der Waals surface area contributed by atoms with Gasteiger partial charge in [0.1, 0.15) is 49.7 Å². The van der Waals surface area contributed by atoms with Crippen LogP contribution in [-0.4, -0.2) is 57.1 Å². The Morgan fingerprint density at radius 1 is 1.16 bits per heavy atom. The average molecular weight is 382 g/mol. The molecule has 4 rings (SSSR count). The van der Waals surface area contributed by atoms with Gasteiger partial charge in [-0.05, 0) is 12.1 Å². The van der Waals surface area contributed by atoms with Gasteiger partial charge in [0.25, 0.3) is 0 Å². The second-order valence-corrected chi connectivity index (χ2v) is 9.90. The van der Waals surface area contributed by atoms with Crippen LogP contribution in [-0.2, 0) is 16.4 Å². The topological polar surface area (TPSA) is 55.9 Å². The zero-order valence-electron chi connectivity index (χ0n) is 14.2. The fourth-order valence-electron chi connectivity index (χ4n) is 4.16. The van der Waals surface area contributed by atoms with Crippen LogP contribution < -0.4 is 9.80 Å². The van der Waals surface area contributed by atoms with Crippen molar-refractivity contribution in [3.05, 3.63) is 41.0 Å². The Hall–Kier alpha value is -1.21. The zero-order chi connectivity index (χ0) is 17.4. The first-order valence-electron chi connectivity index (χ1n) is 8.93. The quantitative estimate of drug-likeness (QED) is 0.695. The maximum Gasteiger partial charge on any atom is 0.156 e. The summed E-state index contributed by atoms with van der Waals surface area (Å²) in [7, 11) is -2.79. The average Bonchev–Trinajstić information content (AvgIpc) is 2.96. The molecule has 2 fully saturated rings. The molecular formula is C18H24ClN3O2S+2. The number of hydrogen-bond acceptors (Lipinski definition) is 3. The maximum absolute atomic E-state index is 11.7. The molecule has 1 atom stereocenters. The molecule has 0 unspecified atom stereocenters. The Labute approximate surface area is 153 Å². The summed E-state index contributed by atoms with van der Waals surface area (Å²) >= 11 is 6.39. The lowest BCUT2D eigenvalue weighted by atomic mass is 10.1. The second-order valence-electron chi connectivity index (χ2n) is 7.32. The molecule has 2 aromatic rings.